The number of hydrogen-bond acceptors (Lipinski definition) is 5. The minimum atomic E-state index is -3.73. The van der Waals surface area contributed by atoms with Gasteiger partial charge >= 0.3 is 0 Å². The molecule has 30 heavy (non-hydrogen) atoms. The van der Waals surface area contributed by atoms with E-state index < -0.39 is 10.0 Å². The average molecular weight is 436 g/mol. The number of rotatable bonds is 8. The molecule has 0 radical (unpaired) electrons. The van der Waals surface area contributed by atoms with Crippen molar-refractivity contribution in [2.75, 3.05) is 13.1 Å². The molecule has 5 N–H and O–H groups in total. The maximum atomic E-state index is 12.1. The highest BCUT2D eigenvalue weighted by atomic mass is 32.2. The third-order valence-corrected chi connectivity index (χ3v) is 4.78. The summed E-state index contributed by atoms with van der Waals surface area (Å²) in [6.45, 7) is 6.65. The smallest absolute Gasteiger partial charge is 0.239 e. The number of benzene rings is 1. The molecule has 9 nitrogen and oxygen atoms in total. The average Bonchev–Trinajstić information content (AvgIpc) is 3.15. The molecule has 0 unspecified atom stereocenters. The van der Waals surface area contributed by atoms with Crippen molar-refractivity contribution in [2.24, 2.45) is 10.1 Å². The van der Waals surface area contributed by atoms with Crippen molar-refractivity contribution >= 4 is 21.9 Å². The van der Waals surface area contributed by atoms with Crippen LogP contribution in [-0.4, -0.2) is 38.9 Å². The molecule has 0 atom stereocenters. The number of primary sulfonamides is 1. The zero-order chi connectivity index (χ0) is 22.2. The SMILES string of the molecule is CC(C)(C)NC(=O)CNC(=NCc1ccc(S(N)(=O)=O)cc1)NCCc1ccco1. The van der Waals surface area contributed by atoms with E-state index in [4.69, 9.17) is 9.56 Å². The fourth-order valence-electron chi connectivity index (χ4n) is 2.51. The van der Waals surface area contributed by atoms with Crippen LogP contribution >= 0.6 is 0 Å². The van der Waals surface area contributed by atoms with E-state index in [-0.39, 0.29) is 22.9 Å². The van der Waals surface area contributed by atoms with Gasteiger partial charge in [0.15, 0.2) is 5.96 Å². The molecule has 0 fully saturated rings. The lowest BCUT2D eigenvalue weighted by Gasteiger charge is -2.21. The monoisotopic (exact) mass is 435 g/mol. The van der Waals surface area contributed by atoms with E-state index in [0.717, 1.165) is 11.3 Å². The highest BCUT2D eigenvalue weighted by molar-refractivity contribution is 7.89. The van der Waals surface area contributed by atoms with Crippen molar-refractivity contribution in [3.63, 3.8) is 0 Å². The molecule has 0 saturated heterocycles. The number of guanidine groups is 1. The van der Waals surface area contributed by atoms with E-state index in [1.165, 1.54) is 12.1 Å². The summed E-state index contributed by atoms with van der Waals surface area (Å²) in [7, 11) is -3.73. The van der Waals surface area contributed by atoms with Crippen LogP contribution in [0, 0.1) is 0 Å². The number of aliphatic imine (C=N–C) groups is 1. The minimum Gasteiger partial charge on any atom is -0.469 e. The summed E-state index contributed by atoms with van der Waals surface area (Å²) in [6, 6.07) is 9.88. The van der Waals surface area contributed by atoms with Gasteiger partial charge in [-0.3, -0.25) is 4.79 Å². The molecule has 1 heterocycles. The number of nitrogens with zero attached hydrogens (tertiary/aromatic N) is 1. The molecular formula is C20H29N5O4S. The van der Waals surface area contributed by atoms with E-state index in [1.54, 1.807) is 18.4 Å². The molecule has 1 aromatic carbocycles. The summed E-state index contributed by atoms with van der Waals surface area (Å²) in [5.74, 6) is 1.15. The van der Waals surface area contributed by atoms with Crippen LogP contribution in [0.4, 0.5) is 0 Å². The molecule has 0 aliphatic rings. The third kappa shape index (κ3) is 8.66. The fraction of sp³-hybridized carbons (Fsp3) is 0.400. The Balaban J connectivity index is 2.00. The van der Waals surface area contributed by atoms with Gasteiger partial charge in [-0.2, -0.15) is 0 Å². The highest BCUT2D eigenvalue weighted by Crippen LogP contribution is 2.09. The van der Waals surface area contributed by atoms with Crippen LogP contribution in [0.25, 0.3) is 0 Å². The number of amides is 1. The van der Waals surface area contributed by atoms with Crippen LogP contribution in [0.3, 0.4) is 0 Å². The van der Waals surface area contributed by atoms with Gasteiger partial charge in [0.2, 0.25) is 15.9 Å². The molecule has 1 aromatic heterocycles. The van der Waals surface area contributed by atoms with Crippen LogP contribution < -0.4 is 21.1 Å². The van der Waals surface area contributed by atoms with Crippen LogP contribution in [0.5, 0.6) is 0 Å². The van der Waals surface area contributed by atoms with Crippen LogP contribution in [0.15, 0.2) is 57.0 Å². The van der Waals surface area contributed by atoms with Gasteiger partial charge in [0, 0.05) is 18.5 Å². The molecule has 0 saturated carbocycles. The lowest BCUT2D eigenvalue weighted by atomic mass is 10.1. The maximum Gasteiger partial charge on any atom is 0.239 e. The number of nitrogens with two attached hydrogens (primary N) is 1. The highest BCUT2D eigenvalue weighted by Gasteiger charge is 2.14. The Labute approximate surface area is 177 Å². The molecule has 0 spiro atoms. The van der Waals surface area contributed by atoms with Crippen molar-refractivity contribution in [1.82, 2.24) is 16.0 Å². The number of hydrogen-bond donors (Lipinski definition) is 4. The summed E-state index contributed by atoms with van der Waals surface area (Å²) in [5, 5.41) is 14.2. The van der Waals surface area contributed by atoms with Crippen LogP contribution in [0.1, 0.15) is 32.1 Å². The Morgan fingerprint density at radius 1 is 1.13 bits per heavy atom. The van der Waals surface area contributed by atoms with E-state index in [1.807, 2.05) is 32.9 Å². The first-order valence-corrected chi connectivity index (χ1v) is 11.0. The number of carbonyl (C=O) groups excluding carboxylic acids is 1. The lowest BCUT2D eigenvalue weighted by Crippen LogP contribution is -2.48. The molecule has 2 rings (SSSR count). The van der Waals surface area contributed by atoms with Crippen molar-refractivity contribution in [3.05, 3.63) is 54.0 Å². The number of sulfonamides is 1. The third-order valence-electron chi connectivity index (χ3n) is 3.85. The lowest BCUT2D eigenvalue weighted by molar-refractivity contribution is -0.121. The Morgan fingerprint density at radius 2 is 1.83 bits per heavy atom. The second kappa shape index (κ2) is 10.3. The summed E-state index contributed by atoms with van der Waals surface area (Å²) in [5.41, 5.74) is 0.474. The largest absolute Gasteiger partial charge is 0.469 e. The molecule has 10 heteroatoms. The topological polar surface area (TPSA) is 139 Å². The van der Waals surface area contributed by atoms with Gasteiger partial charge in [-0.15, -0.1) is 0 Å². The first-order valence-electron chi connectivity index (χ1n) is 9.50. The molecular weight excluding hydrogens is 406 g/mol. The second-order valence-corrected chi connectivity index (χ2v) is 9.32. The first kappa shape index (κ1) is 23.4. The normalized spacial score (nSPS) is 12.5. The van der Waals surface area contributed by atoms with Gasteiger partial charge in [-0.25, -0.2) is 18.5 Å². The van der Waals surface area contributed by atoms with Crippen molar-refractivity contribution < 1.29 is 17.6 Å². The quantitative estimate of drug-likeness (QED) is 0.362. The summed E-state index contributed by atoms with van der Waals surface area (Å²) >= 11 is 0. The van der Waals surface area contributed by atoms with E-state index in [0.29, 0.717) is 25.5 Å². The summed E-state index contributed by atoms with van der Waals surface area (Å²) in [6.07, 6.45) is 2.27. The van der Waals surface area contributed by atoms with E-state index in [2.05, 4.69) is 20.9 Å². The standard InChI is InChI=1S/C20H29N5O4S/c1-20(2,3)25-18(26)14-24-19(22-11-10-16-5-4-12-29-16)23-13-15-6-8-17(9-7-15)30(21,27)28/h4-9,12H,10-11,13-14H2,1-3H3,(H,25,26)(H2,21,27,28)(H2,22,23,24). The predicted octanol–water partition coefficient (Wildman–Crippen LogP) is 1.12. The number of furan rings is 1. The fourth-order valence-corrected chi connectivity index (χ4v) is 3.03. The van der Waals surface area contributed by atoms with Gasteiger partial charge in [-0.1, -0.05) is 12.1 Å². The van der Waals surface area contributed by atoms with Gasteiger partial charge in [-0.05, 0) is 50.6 Å². The van der Waals surface area contributed by atoms with Crippen molar-refractivity contribution in [2.45, 2.75) is 44.2 Å². The number of nitrogens with one attached hydrogen (secondary N) is 3. The molecule has 0 aliphatic heterocycles. The molecule has 2 aromatic rings. The second-order valence-electron chi connectivity index (χ2n) is 7.76. The zero-order valence-corrected chi connectivity index (χ0v) is 18.3. The molecule has 1 amide bonds. The van der Waals surface area contributed by atoms with Crippen LogP contribution in [-0.2, 0) is 27.8 Å². The summed E-state index contributed by atoms with van der Waals surface area (Å²) in [4.78, 5) is 16.6. The van der Waals surface area contributed by atoms with Gasteiger partial charge in [0.05, 0.1) is 24.2 Å². The van der Waals surface area contributed by atoms with Crippen molar-refractivity contribution in [1.29, 1.82) is 0 Å². The van der Waals surface area contributed by atoms with Gasteiger partial charge < -0.3 is 20.4 Å². The van der Waals surface area contributed by atoms with E-state index >= 15 is 0 Å². The number of carbonyl (C=O) groups is 1. The van der Waals surface area contributed by atoms with Gasteiger partial charge in [0.25, 0.3) is 0 Å². The Hall–Kier alpha value is -2.85. The first-order chi connectivity index (χ1) is 14.0. The Morgan fingerprint density at radius 3 is 2.40 bits per heavy atom. The molecule has 0 aliphatic carbocycles. The van der Waals surface area contributed by atoms with Crippen LogP contribution in [0.2, 0.25) is 0 Å². The minimum absolute atomic E-state index is 0.0454. The summed E-state index contributed by atoms with van der Waals surface area (Å²) < 4.78 is 28.0. The Bertz CT molecular complexity index is 946. The van der Waals surface area contributed by atoms with Gasteiger partial charge in [0.1, 0.15) is 5.76 Å². The Kier molecular flexibility index (Phi) is 8.01. The maximum absolute atomic E-state index is 12.1. The zero-order valence-electron chi connectivity index (χ0n) is 17.4. The molecule has 164 valence electrons. The molecule has 0 bridgehead atoms. The predicted molar refractivity (Wildman–Crippen MR) is 115 cm³/mol. The van der Waals surface area contributed by atoms with E-state index in [9.17, 15) is 13.2 Å². The van der Waals surface area contributed by atoms with Crippen molar-refractivity contribution in [3.8, 4) is 0 Å².